The topological polar surface area (TPSA) is 79.3 Å². The third kappa shape index (κ3) is 3.98. The van der Waals surface area contributed by atoms with Gasteiger partial charge in [-0.05, 0) is 12.8 Å². The van der Waals surface area contributed by atoms with Crippen LogP contribution in [-0.4, -0.2) is 22.0 Å². The zero-order valence-corrected chi connectivity index (χ0v) is 9.84. The number of carbonyl (C=O) groups is 2. The molecule has 1 amide bonds. The summed E-state index contributed by atoms with van der Waals surface area (Å²) in [6, 6.07) is 0. The molecule has 0 saturated heterocycles. The van der Waals surface area contributed by atoms with Gasteiger partial charge in [-0.15, -0.1) is 11.3 Å². The fourth-order valence-corrected chi connectivity index (χ4v) is 1.93. The first-order valence-electron chi connectivity index (χ1n) is 5.12. The Kier molecular flexibility index (Phi) is 4.91. The number of carboxylic acid groups (broad SMARTS) is 1. The molecule has 6 heteroatoms. The molecule has 0 spiro atoms. The summed E-state index contributed by atoms with van der Waals surface area (Å²) in [7, 11) is 0. The van der Waals surface area contributed by atoms with E-state index in [4.69, 9.17) is 5.11 Å². The molecule has 1 rings (SSSR count). The van der Waals surface area contributed by atoms with Crippen molar-refractivity contribution in [2.45, 2.75) is 32.6 Å². The molecule has 0 atom stereocenters. The molecule has 0 saturated carbocycles. The van der Waals surface area contributed by atoms with Crippen LogP contribution in [-0.2, 0) is 16.0 Å². The van der Waals surface area contributed by atoms with E-state index < -0.39 is 11.9 Å². The van der Waals surface area contributed by atoms with Gasteiger partial charge in [0, 0.05) is 5.38 Å². The lowest BCUT2D eigenvalue weighted by Gasteiger charge is -1.96. The maximum absolute atomic E-state index is 10.8. The number of hydrogen-bond acceptors (Lipinski definition) is 4. The number of nitrogens with zero attached hydrogens (tertiary/aromatic N) is 1. The van der Waals surface area contributed by atoms with Gasteiger partial charge in [-0.3, -0.25) is 10.1 Å². The average molecular weight is 242 g/mol. The smallest absolute Gasteiger partial charge is 0.394 e. The molecule has 16 heavy (non-hydrogen) atoms. The number of aromatic nitrogens is 1. The van der Waals surface area contributed by atoms with Crippen molar-refractivity contribution in [1.29, 1.82) is 0 Å². The quantitative estimate of drug-likeness (QED) is 0.610. The van der Waals surface area contributed by atoms with Crippen LogP contribution < -0.4 is 5.32 Å². The maximum atomic E-state index is 10.8. The van der Waals surface area contributed by atoms with Gasteiger partial charge in [0.15, 0.2) is 5.13 Å². The Hall–Kier alpha value is -1.43. The maximum Gasteiger partial charge on any atom is 0.394 e. The Morgan fingerprint density at radius 2 is 2.25 bits per heavy atom. The van der Waals surface area contributed by atoms with Crippen LogP contribution in [0.5, 0.6) is 0 Å². The highest BCUT2D eigenvalue weighted by Gasteiger charge is 2.13. The molecular formula is C10H14N2O3S. The number of unbranched alkanes of at least 4 members (excludes halogenated alkanes) is 2. The summed E-state index contributed by atoms with van der Waals surface area (Å²) in [5.41, 5.74) is 0.902. The zero-order valence-electron chi connectivity index (χ0n) is 9.02. The van der Waals surface area contributed by atoms with Crippen molar-refractivity contribution in [3.63, 3.8) is 0 Å². The van der Waals surface area contributed by atoms with Crippen molar-refractivity contribution in [3.05, 3.63) is 11.1 Å². The summed E-state index contributed by atoms with van der Waals surface area (Å²) in [5, 5.41) is 12.8. The molecule has 0 aliphatic rings. The minimum atomic E-state index is -1.50. The molecule has 0 bridgehead atoms. The van der Waals surface area contributed by atoms with Gasteiger partial charge < -0.3 is 5.11 Å². The van der Waals surface area contributed by atoms with Gasteiger partial charge in [0.2, 0.25) is 0 Å². The third-order valence-corrected chi connectivity index (χ3v) is 2.81. The summed E-state index contributed by atoms with van der Waals surface area (Å²) in [5.74, 6) is -2.54. The van der Waals surface area contributed by atoms with E-state index in [0.717, 1.165) is 31.4 Å². The predicted octanol–water partition coefficient (Wildman–Crippen LogP) is 1.90. The monoisotopic (exact) mass is 242 g/mol. The third-order valence-electron chi connectivity index (χ3n) is 2.00. The summed E-state index contributed by atoms with van der Waals surface area (Å²) >= 11 is 1.25. The molecule has 5 nitrogen and oxygen atoms in total. The first-order valence-corrected chi connectivity index (χ1v) is 6.00. The van der Waals surface area contributed by atoms with Crippen molar-refractivity contribution in [2.75, 3.05) is 5.32 Å². The van der Waals surface area contributed by atoms with Gasteiger partial charge in [-0.25, -0.2) is 9.78 Å². The molecule has 1 aromatic heterocycles. The molecule has 1 aromatic rings. The van der Waals surface area contributed by atoms with Gasteiger partial charge in [0.25, 0.3) is 0 Å². The zero-order chi connectivity index (χ0) is 12.0. The fraction of sp³-hybridized carbons (Fsp3) is 0.500. The number of carbonyl (C=O) groups excluding carboxylic acids is 1. The van der Waals surface area contributed by atoms with E-state index in [1.165, 1.54) is 11.3 Å². The number of aliphatic carboxylic acids is 1. The Balaban J connectivity index is 2.45. The van der Waals surface area contributed by atoms with E-state index in [0.29, 0.717) is 5.13 Å². The van der Waals surface area contributed by atoms with Crippen molar-refractivity contribution in [2.24, 2.45) is 0 Å². The average Bonchev–Trinajstić information content (AvgIpc) is 2.66. The number of aryl methyl sites for hydroxylation is 1. The molecule has 2 N–H and O–H groups in total. The first-order chi connectivity index (χ1) is 7.63. The normalized spacial score (nSPS) is 10.1. The molecule has 0 fully saturated rings. The van der Waals surface area contributed by atoms with Crippen molar-refractivity contribution in [3.8, 4) is 0 Å². The number of nitrogens with one attached hydrogen (secondary N) is 1. The second-order valence-corrected chi connectivity index (χ2v) is 4.22. The molecule has 88 valence electrons. The van der Waals surface area contributed by atoms with Crippen molar-refractivity contribution >= 4 is 28.3 Å². The SMILES string of the molecule is CCCCCc1csc(NC(=O)C(=O)O)n1. The van der Waals surface area contributed by atoms with Gasteiger partial charge in [0.05, 0.1) is 5.69 Å². The number of anilines is 1. The van der Waals surface area contributed by atoms with Crippen LogP contribution in [0.4, 0.5) is 5.13 Å². The van der Waals surface area contributed by atoms with Crippen LogP contribution in [0.3, 0.4) is 0 Å². The second-order valence-electron chi connectivity index (χ2n) is 3.36. The standard InChI is InChI=1S/C10H14N2O3S/c1-2-3-4-5-7-6-16-10(11-7)12-8(13)9(14)15/h6H,2-5H2,1H3,(H,14,15)(H,11,12,13). The Morgan fingerprint density at radius 1 is 1.50 bits per heavy atom. The van der Waals surface area contributed by atoms with E-state index in [9.17, 15) is 9.59 Å². The largest absolute Gasteiger partial charge is 0.474 e. The molecule has 0 unspecified atom stereocenters. The van der Waals surface area contributed by atoms with Crippen LogP contribution in [0.1, 0.15) is 31.9 Å². The van der Waals surface area contributed by atoms with Crippen LogP contribution in [0, 0.1) is 0 Å². The van der Waals surface area contributed by atoms with E-state index in [1.807, 2.05) is 5.38 Å². The van der Waals surface area contributed by atoms with E-state index in [2.05, 4.69) is 17.2 Å². The Labute approximate surface area is 97.5 Å². The molecule has 0 aromatic carbocycles. The summed E-state index contributed by atoms with van der Waals surface area (Å²) in [6.07, 6.45) is 4.22. The number of rotatable bonds is 5. The van der Waals surface area contributed by atoms with Crippen LogP contribution in [0.2, 0.25) is 0 Å². The van der Waals surface area contributed by atoms with Gasteiger partial charge in [0.1, 0.15) is 0 Å². The lowest BCUT2D eigenvalue weighted by atomic mass is 10.2. The van der Waals surface area contributed by atoms with Gasteiger partial charge in [-0.2, -0.15) is 0 Å². The van der Waals surface area contributed by atoms with Crippen LogP contribution >= 0.6 is 11.3 Å². The minimum Gasteiger partial charge on any atom is -0.474 e. The highest BCUT2D eigenvalue weighted by atomic mass is 32.1. The number of thiazole rings is 1. The second kappa shape index (κ2) is 6.22. The van der Waals surface area contributed by atoms with Crippen molar-refractivity contribution in [1.82, 2.24) is 4.98 Å². The molecule has 0 aliphatic carbocycles. The highest BCUT2D eigenvalue weighted by Crippen LogP contribution is 2.17. The predicted molar refractivity (Wildman–Crippen MR) is 61.6 cm³/mol. The number of carboxylic acids is 1. The Morgan fingerprint density at radius 3 is 2.88 bits per heavy atom. The number of amides is 1. The van der Waals surface area contributed by atoms with Gasteiger partial charge >= 0.3 is 11.9 Å². The van der Waals surface area contributed by atoms with E-state index in [1.54, 1.807) is 0 Å². The Bertz CT molecular complexity index is 376. The molecule has 1 heterocycles. The van der Waals surface area contributed by atoms with E-state index >= 15 is 0 Å². The first kappa shape index (κ1) is 12.6. The van der Waals surface area contributed by atoms with E-state index in [-0.39, 0.29) is 0 Å². The molecule has 0 radical (unpaired) electrons. The van der Waals surface area contributed by atoms with Crippen LogP contribution in [0.15, 0.2) is 5.38 Å². The van der Waals surface area contributed by atoms with Crippen LogP contribution in [0.25, 0.3) is 0 Å². The van der Waals surface area contributed by atoms with Gasteiger partial charge in [-0.1, -0.05) is 19.8 Å². The highest BCUT2D eigenvalue weighted by molar-refractivity contribution is 7.14. The van der Waals surface area contributed by atoms with Crippen molar-refractivity contribution < 1.29 is 14.7 Å². The summed E-state index contributed by atoms with van der Waals surface area (Å²) in [4.78, 5) is 25.3. The number of hydrogen-bond donors (Lipinski definition) is 2. The summed E-state index contributed by atoms with van der Waals surface area (Å²) in [6.45, 7) is 2.12. The lowest BCUT2D eigenvalue weighted by Crippen LogP contribution is -2.21. The molecule has 0 aliphatic heterocycles. The minimum absolute atomic E-state index is 0.346. The summed E-state index contributed by atoms with van der Waals surface area (Å²) < 4.78 is 0. The lowest BCUT2D eigenvalue weighted by molar-refractivity contribution is -0.147. The molecular weight excluding hydrogens is 228 g/mol. The fourth-order valence-electron chi connectivity index (χ4n) is 1.19.